The van der Waals surface area contributed by atoms with E-state index in [1.807, 2.05) is 49.3 Å². The van der Waals surface area contributed by atoms with Crippen LogP contribution in [0.15, 0.2) is 42.5 Å². The molecule has 0 aliphatic heterocycles. The number of methoxy groups -OCH3 is 1. The van der Waals surface area contributed by atoms with Gasteiger partial charge in [0.05, 0.1) is 12.6 Å². The van der Waals surface area contributed by atoms with E-state index >= 15 is 0 Å². The number of anilines is 2. The summed E-state index contributed by atoms with van der Waals surface area (Å²) in [7, 11) is 5.60. The Morgan fingerprint density at radius 2 is 1.76 bits per heavy atom. The summed E-state index contributed by atoms with van der Waals surface area (Å²) in [4.78, 5) is 22.8. The molecule has 0 amide bonds. The smallest absolute Gasteiger partial charge is 0.308 e. The van der Waals surface area contributed by atoms with Crippen molar-refractivity contribution in [1.29, 1.82) is 0 Å². The lowest BCUT2D eigenvalue weighted by atomic mass is 9.91. The second-order valence-corrected chi connectivity index (χ2v) is 8.94. The second kappa shape index (κ2) is 10.7. The lowest BCUT2D eigenvalue weighted by molar-refractivity contribution is -0.132. The number of hydrogen-bond acceptors (Lipinski definition) is 8. The van der Waals surface area contributed by atoms with Gasteiger partial charge in [0.1, 0.15) is 5.82 Å². The molecule has 4 rings (SSSR count). The van der Waals surface area contributed by atoms with Crippen molar-refractivity contribution in [2.75, 3.05) is 31.4 Å². The van der Waals surface area contributed by atoms with Crippen molar-refractivity contribution in [1.82, 2.24) is 15.3 Å². The van der Waals surface area contributed by atoms with Gasteiger partial charge < -0.3 is 25.0 Å². The van der Waals surface area contributed by atoms with E-state index in [4.69, 9.17) is 19.4 Å². The molecule has 8 nitrogen and oxygen atoms in total. The fraction of sp³-hybridized carbons (Fsp3) is 0.423. The molecule has 0 spiro atoms. The van der Waals surface area contributed by atoms with Gasteiger partial charge in [-0.25, -0.2) is 4.98 Å². The zero-order valence-electron chi connectivity index (χ0n) is 20.3. The average Bonchev–Trinajstić information content (AvgIpc) is 2.83. The molecule has 8 heteroatoms. The normalized spacial score (nSPS) is 17.9. The molecule has 2 N–H and O–H groups in total. The summed E-state index contributed by atoms with van der Waals surface area (Å²) in [6.07, 6.45) is 4.27. The highest BCUT2D eigenvalue weighted by Gasteiger charge is 2.22. The molecule has 180 valence electrons. The van der Waals surface area contributed by atoms with Gasteiger partial charge in [-0.05, 0) is 55.5 Å². The summed E-state index contributed by atoms with van der Waals surface area (Å²) >= 11 is 0. The highest BCUT2D eigenvalue weighted by molar-refractivity contribution is 5.90. The summed E-state index contributed by atoms with van der Waals surface area (Å²) in [5.41, 5.74) is 2.04. The summed E-state index contributed by atoms with van der Waals surface area (Å²) in [6, 6.07) is 14.6. The lowest BCUT2D eigenvalue weighted by Gasteiger charge is -2.30. The van der Waals surface area contributed by atoms with Crippen LogP contribution in [0.1, 0.15) is 38.2 Å². The standard InChI is InChI=1S/C26H33N5O3/c1-17(32)34-23-14-9-18(15-24(23)33-4)16-27-19-10-12-20(13-11-19)28-26-29-22-8-6-5-7-21(22)25(30-26)31(2)3/h5-9,14-15,19-20,27H,10-13,16H2,1-4H3,(H,28,29,30). The maximum absolute atomic E-state index is 11.2. The number of aromatic nitrogens is 2. The van der Waals surface area contributed by atoms with E-state index in [1.165, 1.54) is 6.92 Å². The van der Waals surface area contributed by atoms with Gasteiger partial charge in [-0.2, -0.15) is 4.98 Å². The van der Waals surface area contributed by atoms with Gasteiger partial charge in [-0.3, -0.25) is 4.79 Å². The average molecular weight is 464 g/mol. The van der Waals surface area contributed by atoms with Gasteiger partial charge in [-0.15, -0.1) is 0 Å². The Labute approximate surface area is 200 Å². The van der Waals surface area contributed by atoms with Crippen molar-refractivity contribution in [3.63, 3.8) is 0 Å². The van der Waals surface area contributed by atoms with E-state index in [9.17, 15) is 4.79 Å². The number of rotatable bonds is 8. The van der Waals surface area contributed by atoms with Gasteiger partial charge in [-0.1, -0.05) is 18.2 Å². The number of carbonyl (C=O) groups is 1. The van der Waals surface area contributed by atoms with E-state index in [0.29, 0.717) is 29.5 Å². The molecule has 0 unspecified atom stereocenters. The first kappa shape index (κ1) is 23.8. The SMILES string of the molecule is COc1cc(CNC2CCC(Nc3nc(N(C)C)c4ccccc4n3)CC2)ccc1OC(C)=O. The Balaban J connectivity index is 1.31. The first-order valence-corrected chi connectivity index (χ1v) is 11.7. The zero-order chi connectivity index (χ0) is 24.1. The number of para-hydroxylation sites is 1. The third kappa shape index (κ3) is 5.75. The van der Waals surface area contributed by atoms with Crippen LogP contribution in [-0.4, -0.2) is 49.2 Å². The molecule has 0 saturated heterocycles. The quantitative estimate of drug-likeness (QED) is 0.381. The Morgan fingerprint density at radius 1 is 1.03 bits per heavy atom. The van der Waals surface area contributed by atoms with Crippen LogP contribution < -0.4 is 25.0 Å². The number of nitrogens with zero attached hydrogens (tertiary/aromatic N) is 3. The number of benzene rings is 2. The summed E-state index contributed by atoms with van der Waals surface area (Å²) < 4.78 is 10.6. The van der Waals surface area contributed by atoms with Crippen molar-refractivity contribution in [2.45, 2.75) is 51.2 Å². The Kier molecular flexibility index (Phi) is 7.47. The van der Waals surface area contributed by atoms with Crippen LogP contribution in [0.5, 0.6) is 11.5 Å². The number of carbonyl (C=O) groups excluding carboxylic acids is 1. The van der Waals surface area contributed by atoms with Gasteiger partial charge in [0.2, 0.25) is 5.95 Å². The molecule has 1 aromatic heterocycles. The van der Waals surface area contributed by atoms with Crippen molar-refractivity contribution in [3.05, 3.63) is 48.0 Å². The molecule has 2 aromatic carbocycles. The maximum Gasteiger partial charge on any atom is 0.308 e. The zero-order valence-corrected chi connectivity index (χ0v) is 20.3. The second-order valence-electron chi connectivity index (χ2n) is 8.94. The number of esters is 1. The summed E-state index contributed by atoms with van der Waals surface area (Å²) in [5, 5.41) is 8.28. The largest absolute Gasteiger partial charge is 0.493 e. The van der Waals surface area contributed by atoms with Crippen LogP contribution in [0.3, 0.4) is 0 Å². The third-order valence-electron chi connectivity index (χ3n) is 6.14. The molecule has 1 heterocycles. The van der Waals surface area contributed by atoms with Crippen LogP contribution in [0.4, 0.5) is 11.8 Å². The molecule has 1 fully saturated rings. The number of nitrogens with one attached hydrogen (secondary N) is 2. The first-order valence-electron chi connectivity index (χ1n) is 11.7. The number of ether oxygens (including phenoxy) is 2. The Hall–Kier alpha value is -3.39. The van der Waals surface area contributed by atoms with Crippen molar-refractivity contribution in [3.8, 4) is 11.5 Å². The van der Waals surface area contributed by atoms with Crippen LogP contribution >= 0.6 is 0 Å². The van der Waals surface area contributed by atoms with Gasteiger partial charge in [0.25, 0.3) is 0 Å². The van der Waals surface area contributed by atoms with E-state index < -0.39 is 0 Å². The van der Waals surface area contributed by atoms with Crippen LogP contribution in [0.2, 0.25) is 0 Å². The van der Waals surface area contributed by atoms with E-state index in [-0.39, 0.29) is 5.97 Å². The van der Waals surface area contributed by atoms with Gasteiger partial charge in [0, 0.05) is 45.0 Å². The molecular formula is C26H33N5O3. The third-order valence-corrected chi connectivity index (χ3v) is 6.14. The molecule has 1 saturated carbocycles. The fourth-order valence-electron chi connectivity index (χ4n) is 4.41. The molecule has 34 heavy (non-hydrogen) atoms. The maximum atomic E-state index is 11.2. The molecule has 3 aromatic rings. The molecule has 0 bridgehead atoms. The monoisotopic (exact) mass is 463 g/mol. The highest BCUT2D eigenvalue weighted by Crippen LogP contribution is 2.29. The summed E-state index contributed by atoms with van der Waals surface area (Å²) in [6.45, 7) is 2.12. The molecule has 0 radical (unpaired) electrons. The lowest BCUT2D eigenvalue weighted by Crippen LogP contribution is -2.37. The topological polar surface area (TPSA) is 88.6 Å². The van der Waals surface area contributed by atoms with Crippen molar-refractivity contribution in [2.24, 2.45) is 0 Å². The van der Waals surface area contributed by atoms with Crippen molar-refractivity contribution < 1.29 is 14.3 Å². The van der Waals surface area contributed by atoms with Gasteiger partial charge in [0.15, 0.2) is 11.5 Å². The molecule has 0 atom stereocenters. The minimum absolute atomic E-state index is 0.359. The van der Waals surface area contributed by atoms with Crippen molar-refractivity contribution >= 4 is 28.6 Å². The minimum Gasteiger partial charge on any atom is -0.493 e. The van der Waals surface area contributed by atoms with E-state index in [2.05, 4.69) is 16.7 Å². The van der Waals surface area contributed by atoms with E-state index in [1.54, 1.807) is 13.2 Å². The van der Waals surface area contributed by atoms with Crippen LogP contribution in [0, 0.1) is 0 Å². The predicted molar refractivity (Wildman–Crippen MR) is 135 cm³/mol. The minimum atomic E-state index is -0.360. The van der Waals surface area contributed by atoms with Crippen LogP contribution in [-0.2, 0) is 11.3 Å². The van der Waals surface area contributed by atoms with E-state index in [0.717, 1.165) is 54.5 Å². The number of fused-ring (bicyclic) bond motifs is 1. The highest BCUT2D eigenvalue weighted by atomic mass is 16.6. The molecule has 1 aliphatic rings. The summed E-state index contributed by atoms with van der Waals surface area (Å²) in [5.74, 6) is 2.27. The molecule has 1 aliphatic carbocycles. The first-order chi connectivity index (χ1) is 16.4. The predicted octanol–water partition coefficient (Wildman–Crippen LogP) is 4.14. The number of hydrogen-bond donors (Lipinski definition) is 2. The van der Waals surface area contributed by atoms with Crippen LogP contribution in [0.25, 0.3) is 10.9 Å². The fourth-order valence-corrected chi connectivity index (χ4v) is 4.41. The van der Waals surface area contributed by atoms with Gasteiger partial charge >= 0.3 is 5.97 Å². The Morgan fingerprint density at radius 3 is 2.47 bits per heavy atom. The Bertz CT molecular complexity index is 1140. The molecular weight excluding hydrogens is 430 g/mol.